The highest BCUT2D eigenvalue weighted by atomic mass is 32.3. The minimum absolute atomic E-state index is 0.0204. The largest absolute Gasteiger partial charge is 0.493 e. The minimum Gasteiger partial charge on any atom is -0.493 e. The first kappa shape index (κ1) is 21.6. The normalized spacial score (nSPS) is 17.4. The summed E-state index contributed by atoms with van der Waals surface area (Å²) >= 11 is 0. The van der Waals surface area contributed by atoms with E-state index in [4.69, 9.17) is 18.2 Å². The summed E-state index contributed by atoms with van der Waals surface area (Å²) in [6.07, 6.45) is 1.07. The van der Waals surface area contributed by atoms with Gasteiger partial charge in [-0.05, 0) is 59.8 Å². The van der Waals surface area contributed by atoms with Crippen molar-refractivity contribution in [3.63, 3.8) is 0 Å². The van der Waals surface area contributed by atoms with Gasteiger partial charge in [-0.25, -0.2) is 0 Å². The third kappa shape index (κ3) is 4.14. The zero-order valence-electron chi connectivity index (χ0n) is 16.4. The van der Waals surface area contributed by atoms with E-state index in [9.17, 15) is 21.4 Å². The highest BCUT2D eigenvalue weighted by Crippen LogP contribution is 2.53. The van der Waals surface area contributed by atoms with E-state index in [1.807, 2.05) is 0 Å². The van der Waals surface area contributed by atoms with Gasteiger partial charge in [0, 0.05) is 11.6 Å². The Morgan fingerprint density at radius 3 is 2.16 bits per heavy atom. The molecule has 2 aromatic rings. The number of fused-ring (bicyclic) bond motifs is 2. The van der Waals surface area contributed by atoms with Gasteiger partial charge in [0.05, 0.1) is 14.2 Å². The molecule has 2 aliphatic rings. The fourth-order valence-corrected chi connectivity index (χ4v) is 4.87. The van der Waals surface area contributed by atoms with Gasteiger partial charge in [-0.15, -0.1) is 0 Å². The monoisotopic (exact) mass is 473 g/mol. The highest BCUT2D eigenvalue weighted by molar-refractivity contribution is 7.81. The zero-order valence-corrected chi connectivity index (χ0v) is 18.0. The molecular formula is C18H19NO10S2. The van der Waals surface area contributed by atoms with Gasteiger partial charge < -0.3 is 23.2 Å². The van der Waals surface area contributed by atoms with Crippen LogP contribution in [0.3, 0.4) is 0 Å². The molecule has 2 aromatic carbocycles. The Hall–Kier alpha value is -2.58. The van der Waals surface area contributed by atoms with Crippen LogP contribution in [0.2, 0.25) is 0 Å². The number of methoxy groups -OCH3 is 2. The highest BCUT2D eigenvalue weighted by Gasteiger charge is 2.36. The Morgan fingerprint density at radius 2 is 1.55 bits per heavy atom. The number of benzene rings is 2. The average Bonchev–Trinajstić information content (AvgIpc) is 2.66. The molecular weight excluding hydrogens is 454 g/mol. The summed E-state index contributed by atoms with van der Waals surface area (Å²) in [4.78, 5) is 0. The Morgan fingerprint density at radius 1 is 0.903 bits per heavy atom. The summed E-state index contributed by atoms with van der Waals surface area (Å²) in [7, 11) is -7.06. The fourth-order valence-electron chi connectivity index (χ4n) is 4.14. The van der Waals surface area contributed by atoms with Crippen molar-refractivity contribution >= 4 is 20.8 Å². The molecule has 0 radical (unpaired) electrons. The van der Waals surface area contributed by atoms with Gasteiger partial charge in [0.15, 0.2) is 23.0 Å². The van der Waals surface area contributed by atoms with Gasteiger partial charge in [0.25, 0.3) is 0 Å². The van der Waals surface area contributed by atoms with Crippen LogP contribution in [0.15, 0.2) is 18.2 Å². The van der Waals surface area contributed by atoms with Crippen LogP contribution in [0.1, 0.15) is 22.7 Å². The second-order valence-electron chi connectivity index (χ2n) is 7.00. The summed E-state index contributed by atoms with van der Waals surface area (Å²) in [6, 6.07) is 4.27. The molecule has 0 fully saturated rings. The first-order valence-electron chi connectivity index (χ1n) is 9.03. The molecule has 0 amide bonds. The first-order valence-corrected chi connectivity index (χ1v) is 11.8. The summed E-state index contributed by atoms with van der Waals surface area (Å²) < 4.78 is 84.1. The zero-order chi connectivity index (χ0) is 22.6. The molecule has 0 saturated heterocycles. The SMILES string of the molecule is COc1cc2c(cc1OS(=O)(=O)O)C[C@@H]1NCCc3cc(OC)c(OS(=O)(=O)O)c-2c31. The summed E-state index contributed by atoms with van der Waals surface area (Å²) in [5, 5.41) is 3.33. The van der Waals surface area contributed by atoms with Crippen LogP contribution in [0.25, 0.3) is 11.1 Å². The molecule has 11 nitrogen and oxygen atoms in total. The lowest BCUT2D eigenvalue weighted by Gasteiger charge is -2.35. The lowest BCUT2D eigenvalue weighted by atomic mass is 9.77. The van der Waals surface area contributed by atoms with Crippen molar-refractivity contribution in [1.29, 1.82) is 0 Å². The Kier molecular flexibility index (Phi) is 5.26. The van der Waals surface area contributed by atoms with E-state index in [0.717, 1.165) is 11.1 Å². The van der Waals surface area contributed by atoms with Gasteiger partial charge in [0.2, 0.25) is 0 Å². The third-order valence-corrected chi connectivity index (χ3v) is 5.96. The van der Waals surface area contributed by atoms with E-state index in [0.29, 0.717) is 36.1 Å². The minimum atomic E-state index is -4.88. The Balaban J connectivity index is 2.04. The molecule has 1 aliphatic carbocycles. The predicted octanol–water partition coefficient (Wildman–Crippen LogP) is 1.48. The number of hydrogen-bond donors (Lipinski definition) is 3. The van der Waals surface area contributed by atoms with E-state index in [1.165, 1.54) is 26.4 Å². The molecule has 0 unspecified atom stereocenters. The fraction of sp³-hybridized carbons (Fsp3) is 0.333. The van der Waals surface area contributed by atoms with Crippen molar-refractivity contribution in [3.8, 4) is 34.1 Å². The lowest BCUT2D eigenvalue weighted by Crippen LogP contribution is -2.34. The van der Waals surface area contributed by atoms with Gasteiger partial charge in [-0.2, -0.15) is 16.8 Å². The van der Waals surface area contributed by atoms with E-state index in [-0.39, 0.29) is 29.0 Å². The molecule has 1 heterocycles. The Labute approximate surface area is 178 Å². The van der Waals surface area contributed by atoms with Crippen molar-refractivity contribution in [1.82, 2.24) is 5.32 Å². The maximum absolute atomic E-state index is 11.6. The lowest BCUT2D eigenvalue weighted by molar-refractivity contribution is 0.356. The molecule has 31 heavy (non-hydrogen) atoms. The molecule has 168 valence electrons. The van der Waals surface area contributed by atoms with Gasteiger partial charge in [-0.3, -0.25) is 9.11 Å². The van der Waals surface area contributed by atoms with Crippen molar-refractivity contribution in [3.05, 3.63) is 34.9 Å². The van der Waals surface area contributed by atoms with E-state index >= 15 is 0 Å². The number of rotatable bonds is 6. The van der Waals surface area contributed by atoms with Crippen LogP contribution in [0.5, 0.6) is 23.0 Å². The number of hydrogen-bond acceptors (Lipinski definition) is 9. The standard InChI is InChI=1S/C18H19NO10S2/c1-26-13-8-11-10(7-14(13)28-30(20,21)22)5-12-16-9(3-4-19-12)6-15(27-2)18(17(11)16)29-31(23,24)25/h6-8,12,19H,3-5H2,1-2H3,(H,20,21,22)(H,23,24,25)/t12-/m0/s1. The molecule has 0 saturated carbocycles. The van der Waals surface area contributed by atoms with E-state index in [1.54, 1.807) is 6.07 Å². The topological polar surface area (TPSA) is 158 Å². The quantitative estimate of drug-likeness (QED) is 0.522. The van der Waals surface area contributed by atoms with Gasteiger partial charge in [-0.1, -0.05) is 0 Å². The Bertz CT molecular complexity index is 1270. The molecule has 3 N–H and O–H groups in total. The maximum atomic E-state index is 11.6. The van der Waals surface area contributed by atoms with Crippen molar-refractivity contribution < 1.29 is 43.8 Å². The second-order valence-corrected chi connectivity index (χ2v) is 9.04. The van der Waals surface area contributed by atoms with Crippen LogP contribution in [-0.2, 0) is 33.6 Å². The van der Waals surface area contributed by atoms with E-state index in [2.05, 4.69) is 9.50 Å². The molecule has 0 aromatic heterocycles. The van der Waals surface area contributed by atoms with Crippen LogP contribution in [0, 0.1) is 0 Å². The summed E-state index contributed by atoms with van der Waals surface area (Å²) in [5.74, 6) is -0.350. The number of nitrogens with one attached hydrogen (secondary N) is 1. The first-order chi connectivity index (χ1) is 14.5. The summed E-state index contributed by atoms with van der Waals surface area (Å²) in [5.41, 5.74) is 3.12. The van der Waals surface area contributed by atoms with Crippen molar-refractivity contribution in [2.24, 2.45) is 0 Å². The molecule has 1 atom stereocenters. The van der Waals surface area contributed by atoms with Crippen LogP contribution in [0.4, 0.5) is 0 Å². The molecule has 4 rings (SSSR count). The molecule has 13 heteroatoms. The van der Waals surface area contributed by atoms with E-state index < -0.39 is 20.8 Å². The molecule has 0 bridgehead atoms. The van der Waals surface area contributed by atoms with Crippen LogP contribution < -0.4 is 23.2 Å². The third-order valence-electron chi connectivity index (χ3n) is 5.19. The van der Waals surface area contributed by atoms with Crippen LogP contribution >= 0.6 is 0 Å². The van der Waals surface area contributed by atoms with Crippen molar-refractivity contribution in [2.45, 2.75) is 18.9 Å². The van der Waals surface area contributed by atoms with Crippen LogP contribution in [-0.4, -0.2) is 46.7 Å². The average molecular weight is 473 g/mol. The number of ether oxygens (including phenoxy) is 2. The summed E-state index contributed by atoms with van der Waals surface area (Å²) in [6.45, 7) is 0.651. The maximum Gasteiger partial charge on any atom is 0.446 e. The van der Waals surface area contributed by atoms with Gasteiger partial charge in [0.1, 0.15) is 0 Å². The molecule has 0 spiro atoms. The second kappa shape index (κ2) is 7.53. The smallest absolute Gasteiger partial charge is 0.446 e. The van der Waals surface area contributed by atoms with Gasteiger partial charge >= 0.3 is 20.8 Å². The van der Waals surface area contributed by atoms with Crippen molar-refractivity contribution in [2.75, 3.05) is 20.8 Å². The molecule has 1 aliphatic heterocycles. The predicted molar refractivity (Wildman–Crippen MR) is 107 cm³/mol.